The molecule has 0 atom stereocenters. The third-order valence-corrected chi connectivity index (χ3v) is 4.33. The lowest BCUT2D eigenvalue weighted by atomic mass is 10.1. The molecule has 2 aromatic rings. The molecule has 0 unspecified atom stereocenters. The van der Waals surface area contributed by atoms with Crippen LogP contribution in [0.15, 0.2) is 24.3 Å². The number of carbonyl (C=O) groups excluding carboxylic acids is 2. The van der Waals surface area contributed by atoms with Gasteiger partial charge in [-0.25, -0.2) is 8.42 Å². The Kier molecular flexibility index (Phi) is 4.65. The predicted molar refractivity (Wildman–Crippen MR) is 84.7 cm³/mol. The predicted octanol–water partition coefficient (Wildman–Crippen LogP) is 1.21. The molecule has 0 aliphatic heterocycles. The fourth-order valence-corrected chi connectivity index (χ4v) is 2.97. The second kappa shape index (κ2) is 6.31. The number of hydrogen-bond donors (Lipinski definition) is 2. The van der Waals surface area contributed by atoms with Crippen LogP contribution in [0.3, 0.4) is 0 Å². The third-order valence-electron chi connectivity index (χ3n) is 3.30. The standard InChI is InChI=1S/C15H18N2O4S/c1-10-13(11-6-3-4-7-12(11)17-10)14(18)15(19)16-8-5-9-22(2,20)21/h3-4,6-7,17H,5,8-9H2,1-2H3,(H,16,19). The van der Waals surface area contributed by atoms with Crippen LogP contribution in [-0.4, -0.2) is 43.6 Å². The maximum atomic E-state index is 12.3. The number of amides is 1. The minimum absolute atomic E-state index is 0.0203. The number of Topliss-reactive ketones (excluding diaryl/α,β-unsaturated/α-hetero) is 1. The summed E-state index contributed by atoms with van der Waals surface area (Å²) in [6.07, 6.45) is 1.42. The number of aromatic amines is 1. The first-order valence-corrected chi connectivity index (χ1v) is 8.93. The molecule has 0 aliphatic rings. The Labute approximate surface area is 128 Å². The van der Waals surface area contributed by atoms with E-state index in [1.807, 2.05) is 12.1 Å². The van der Waals surface area contributed by atoms with Crippen molar-refractivity contribution in [1.82, 2.24) is 10.3 Å². The topological polar surface area (TPSA) is 96.1 Å². The van der Waals surface area contributed by atoms with Crippen molar-refractivity contribution >= 4 is 32.4 Å². The zero-order valence-corrected chi connectivity index (χ0v) is 13.3. The largest absolute Gasteiger partial charge is 0.358 e. The number of rotatable bonds is 6. The van der Waals surface area contributed by atoms with Crippen LogP contribution in [0.1, 0.15) is 22.5 Å². The molecule has 0 saturated heterocycles. The van der Waals surface area contributed by atoms with E-state index in [1.165, 1.54) is 0 Å². The number of sulfone groups is 1. The maximum Gasteiger partial charge on any atom is 0.292 e. The number of carbonyl (C=O) groups is 2. The highest BCUT2D eigenvalue weighted by Crippen LogP contribution is 2.22. The summed E-state index contributed by atoms with van der Waals surface area (Å²) in [4.78, 5) is 27.3. The van der Waals surface area contributed by atoms with Gasteiger partial charge in [-0.15, -0.1) is 0 Å². The van der Waals surface area contributed by atoms with Crippen LogP contribution in [0.2, 0.25) is 0 Å². The fraction of sp³-hybridized carbons (Fsp3) is 0.333. The number of para-hydroxylation sites is 1. The molecule has 118 valence electrons. The normalized spacial score (nSPS) is 11.5. The van der Waals surface area contributed by atoms with Gasteiger partial charge in [0, 0.05) is 29.4 Å². The van der Waals surface area contributed by atoms with Crippen LogP contribution in [-0.2, 0) is 14.6 Å². The Hall–Kier alpha value is -2.15. The number of nitrogens with one attached hydrogen (secondary N) is 2. The average molecular weight is 322 g/mol. The molecule has 0 bridgehead atoms. The summed E-state index contributed by atoms with van der Waals surface area (Å²) in [6, 6.07) is 7.26. The summed E-state index contributed by atoms with van der Waals surface area (Å²) in [5.41, 5.74) is 1.79. The highest BCUT2D eigenvalue weighted by Gasteiger charge is 2.22. The molecule has 7 heteroatoms. The molecule has 22 heavy (non-hydrogen) atoms. The molecule has 6 nitrogen and oxygen atoms in total. The second-order valence-electron chi connectivity index (χ2n) is 5.24. The van der Waals surface area contributed by atoms with Gasteiger partial charge in [0.25, 0.3) is 11.7 Å². The first-order valence-electron chi connectivity index (χ1n) is 6.87. The van der Waals surface area contributed by atoms with E-state index < -0.39 is 21.5 Å². The Morgan fingerprint density at radius 3 is 2.59 bits per heavy atom. The summed E-state index contributed by atoms with van der Waals surface area (Å²) in [5, 5.41) is 3.17. The average Bonchev–Trinajstić information content (AvgIpc) is 2.77. The van der Waals surface area contributed by atoms with Crippen molar-refractivity contribution in [3.05, 3.63) is 35.5 Å². The third kappa shape index (κ3) is 3.73. The maximum absolute atomic E-state index is 12.3. The molecule has 0 aliphatic carbocycles. The van der Waals surface area contributed by atoms with Crippen LogP contribution in [0.5, 0.6) is 0 Å². The van der Waals surface area contributed by atoms with Gasteiger partial charge in [-0.1, -0.05) is 18.2 Å². The number of ketones is 1. The van der Waals surface area contributed by atoms with Gasteiger partial charge in [-0.2, -0.15) is 0 Å². The van der Waals surface area contributed by atoms with E-state index in [1.54, 1.807) is 19.1 Å². The molecule has 0 spiro atoms. The van der Waals surface area contributed by atoms with Gasteiger partial charge in [0.2, 0.25) is 0 Å². The monoisotopic (exact) mass is 322 g/mol. The molecule has 1 amide bonds. The number of aryl methyl sites for hydroxylation is 1. The van der Waals surface area contributed by atoms with Gasteiger partial charge in [0.05, 0.1) is 11.3 Å². The van der Waals surface area contributed by atoms with Crippen LogP contribution in [0, 0.1) is 6.92 Å². The van der Waals surface area contributed by atoms with E-state index in [9.17, 15) is 18.0 Å². The number of hydrogen-bond acceptors (Lipinski definition) is 4. The first kappa shape index (κ1) is 16.2. The Morgan fingerprint density at radius 2 is 1.91 bits per heavy atom. The molecule has 1 heterocycles. The summed E-state index contributed by atoms with van der Waals surface area (Å²) in [5.74, 6) is -1.36. The molecule has 1 aromatic heterocycles. The lowest BCUT2D eigenvalue weighted by Crippen LogP contribution is -2.32. The second-order valence-corrected chi connectivity index (χ2v) is 7.50. The van der Waals surface area contributed by atoms with Crippen LogP contribution >= 0.6 is 0 Å². The minimum Gasteiger partial charge on any atom is -0.358 e. The van der Waals surface area contributed by atoms with Crippen molar-refractivity contribution in [2.75, 3.05) is 18.6 Å². The van der Waals surface area contributed by atoms with E-state index in [2.05, 4.69) is 10.3 Å². The number of aromatic nitrogens is 1. The van der Waals surface area contributed by atoms with E-state index >= 15 is 0 Å². The fourth-order valence-electron chi connectivity index (χ4n) is 2.30. The van der Waals surface area contributed by atoms with E-state index in [0.29, 0.717) is 16.6 Å². The van der Waals surface area contributed by atoms with Crippen LogP contribution in [0.4, 0.5) is 0 Å². The quantitative estimate of drug-likeness (QED) is 0.475. The minimum atomic E-state index is -3.06. The van der Waals surface area contributed by atoms with Crippen molar-refractivity contribution in [3.8, 4) is 0 Å². The van der Waals surface area contributed by atoms with Crippen molar-refractivity contribution in [2.45, 2.75) is 13.3 Å². The summed E-state index contributed by atoms with van der Waals surface area (Å²) in [6.45, 7) is 1.89. The molecular formula is C15H18N2O4S. The molecule has 0 fully saturated rings. The van der Waals surface area contributed by atoms with Crippen LogP contribution in [0.25, 0.3) is 10.9 Å². The Bertz CT molecular complexity index is 821. The molecule has 2 rings (SSSR count). The van der Waals surface area contributed by atoms with Crippen molar-refractivity contribution in [1.29, 1.82) is 0 Å². The summed E-state index contributed by atoms with van der Waals surface area (Å²) in [7, 11) is -3.06. The van der Waals surface area contributed by atoms with Gasteiger partial charge in [0.15, 0.2) is 0 Å². The lowest BCUT2D eigenvalue weighted by molar-refractivity contribution is -0.116. The highest BCUT2D eigenvalue weighted by molar-refractivity contribution is 7.90. The first-order chi connectivity index (χ1) is 10.3. The number of fused-ring (bicyclic) bond motifs is 1. The molecule has 0 radical (unpaired) electrons. The number of benzene rings is 1. The summed E-state index contributed by atoms with van der Waals surface area (Å²) >= 11 is 0. The Balaban J connectivity index is 2.07. The highest BCUT2D eigenvalue weighted by atomic mass is 32.2. The smallest absolute Gasteiger partial charge is 0.292 e. The molecule has 2 N–H and O–H groups in total. The summed E-state index contributed by atoms with van der Waals surface area (Å²) < 4.78 is 22.0. The van der Waals surface area contributed by atoms with Crippen LogP contribution < -0.4 is 5.32 Å². The van der Waals surface area contributed by atoms with Crippen molar-refractivity contribution in [2.24, 2.45) is 0 Å². The molecule has 0 saturated carbocycles. The van der Waals surface area contributed by atoms with E-state index in [4.69, 9.17) is 0 Å². The number of H-pyrrole nitrogens is 1. The zero-order chi connectivity index (χ0) is 16.3. The van der Waals surface area contributed by atoms with E-state index in [0.717, 1.165) is 11.8 Å². The van der Waals surface area contributed by atoms with E-state index in [-0.39, 0.29) is 18.7 Å². The molecular weight excluding hydrogens is 304 g/mol. The lowest BCUT2D eigenvalue weighted by Gasteiger charge is -2.04. The van der Waals surface area contributed by atoms with Crippen molar-refractivity contribution in [3.63, 3.8) is 0 Å². The van der Waals surface area contributed by atoms with Gasteiger partial charge < -0.3 is 10.3 Å². The van der Waals surface area contributed by atoms with Gasteiger partial charge in [-0.3, -0.25) is 9.59 Å². The SMILES string of the molecule is Cc1[nH]c2ccccc2c1C(=O)C(=O)NCCCS(C)(=O)=O. The Morgan fingerprint density at radius 1 is 1.23 bits per heavy atom. The van der Waals surface area contributed by atoms with Gasteiger partial charge >= 0.3 is 0 Å². The van der Waals surface area contributed by atoms with Gasteiger partial charge in [-0.05, 0) is 19.4 Å². The van der Waals surface area contributed by atoms with Gasteiger partial charge in [0.1, 0.15) is 9.84 Å². The van der Waals surface area contributed by atoms with Crippen molar-refractivity contribution < 1.29 is 18.0 Å². The zero-order valence-electron chi connectivity index (χ0n) is 12.5. The molecule has 1 aromatic carbocycles.